The highest BCUT2D eigenvalue weighted by atomic mass is 32.1. The van der Waals surface area contributed by atoms with Crippen molar-refractivity contribution in [2.45, 2.75) is 57.0 Å². The molecule has 0 saturated heterocycles. The number of pyridine rings is 1. The molecule has 3 aromatic heterocycles. The Morgan fingerprint density at radius 3 is 2.53 bits per heavy atom. The molecule has 1 aliphatic heterocycles. The van der Waals surface area contributed by atoms with Crippen LogP contribution < -0.4 is 10.2 Å². The van der Waals surface area contributed by atoms with Gasteiger partial charge in [0.2, 0.25) is 0 Å². The van der Waals surface area contributed by atoms with Crippen LogP contribution in [0.3, 0.4) is 0 Å². The summed E-state index contributed by atoms with van der Waals surface area (Å²) in [6, 6.07) is 28.0. The van der Waals surface area contributed by atoms with E-state index in [1.54, 1.807) is 6.20 Å². The molecule has 246 valence electrons. The maximum Gasteiger partial charge on any atom is 0.355 e. The van der Waals surface area contributed by atoms with Crippen LogP contribution in [0.15, 0.2) is 97.3 Å². The number of fused-ring (bicyclic) bond motifs is 2. The summed E-state index contributed by atoms with van der Waals surface area (Å²) in [5, 5.41) is 18.6. The number of amides is 1. The Morgan fingerprint density at radius 2 is 1.71 bits per heavy atom. The van der Waals surface area contributed by atoms with Crippen LogP contribution in [-0.2, 0) is 24.9 Å². The largest absolute Gasteiger partial charge is 0.476 e. The van der Waals surface area contributed by atoms with Gasteiger partial charge in [0.25, 0.3) is 5.91 Å². The summed E-state index contributed by atoms with van der Waals surface area (Å²) in [5.74, 6) is -0.747. The minimum absolute atomic E-state index is 0.00916. The van der Waals surface area contributed by atoms with E-state index >= 15 is 0 Å². The molecule has 1 fully saturated rings. The second kappa shape index (κ2) is 12.9. The molecular weight excluding hydrogens is 633 g/mol. The number of hydrogen-bond donors (Lipinski definition) is 2. The zero-order chi connectivity index (χ0) is 33.4. The van der Waals surface area contributed by atoms with E-state index in [1.807, 2.05) is 70.4 Å². The third-order valence-corrected chi connectivity index (χ3v) is 11.0. The molecule has 2 aliphatic rings. The van der Waals surface area contributed by atoms with Crippen molar-refractivity contribution in [3.8, 4) is 11.1 Å². The first-order valence-electron chi connectivity index (χ1n) is 16.8. The Balaban J connectivity index is 1.04. The van der Waals surface area contributed by atoms with Crippen LogP contribution in [0.2, 0.25) is 0 Å². The first kappa shape index (κ1) is 31.0. The van der Waals surface area contributed by atoms with Gasteiger partial charge in [0.1, 0.15) is 5.82 Å². The van der Waals surface area contributed by atoms with Crippen molar-refractivity contribution in [3.05, 3.63) is 125 Å². The Morgan fingerprint density at radius 1 is 0.898 bits per heavy atom. The van der Waals surface area contributed by atoms with Gasteiger partial charge in [-0.3, -0.25) is 14.8 Å². The monoisotopic (exact) mass is 668 g/mol. The summed E-state index contributed by atoms with van der Waals surface area (Å²) in [4.78, 5) is 37.4. The van der Waals surface area contributed by atoms with Gasteiger partial charge in [-0.05, 0) is 66.3 Å². The van der Waals surface area contributed by atoms with Gasteiger partial charge in [-0.25, -0.2) is 14.8 Å². The predicted octanol–water partition coefficient (Wildman–Crippen LogP) is 7.97. The highest BCUT2D eigenvalue weighted by molar-refractivity contribution is 7.22. The number of aromatic carboxylic acids is 1. The number of hydrogen-bond acceptors (Lipinski definition) is 7. The summed E-state index contributed by atoms with van der Waals surface area (Å²) >= 11 is 1.44. The quantitative estimate of drug-likeness (QED) is 0.169. The molecule has 0 unspecified atom stereocenters. The van der Waals surface area contributed by atoms with Crippen LogP contribution in [0.25, 0.3) is 21.3 Å². The summed E-state index contributed by atoms with van der Waals surface area (Å²) in [7, 11) is 0. The number of aromatic nitrogens is 4. The maximum atomic E-state index is 13.5. The van der Waals surface area contributed by atoms with Crippen molar-refractivity contribution in [1.29, 1.82) is 0 Å². The number of nitrogens with one attached hydrogen (secondary N) is 1. The average molecular weight is 669 g/mol. The molecule has 10 heteroatoms. The third kappa shape index (κ3) is 6.08. The minimum Gasteiger partial charge on any atom is -0.476 e. The van der Waals surface area contributed by atoms with Crippen LogP contribution >= 0.6 is 11.3 Å². The average Bonchev–Trinajstić information content (AvgIpc) is 3.78. The molecule has 0 spiro atoms. The van der Waals surface area contributed by atoms with Gasteiger partial charge in [-0.2, -0.15) is 5.10 Å². The van der Waals surface area contributed by atoms with Crippen molar-refractivity contribution in [1.82, 2.24) is 19.7 Å². The highest BCUT2D eigenvalue weighted by Gasteiger charge is 2.35. The number of carbonyl (C=O) groups is 2. The topological polar surface area (TPSA) is 113 Å². The van der Waals surface area contributed by atoms with Crippen molar-refractivity contribution < 1.29 is 14.7 Å². The zero-order valence-electron chi connectivity index (χ0n) is 27.0. The van der Waals surface area contributed by atoms with Crippen LogP contribution in [0.4, 0.5) is 10.9 Å². The van der Waals surface area contributed by atoms with Crippen molar-refractivity contribution >= 4 is 44.4 Å². The molecule has 0 bridgehead atoms. The van der Waals surface area contributed by atoms with E-state index in [0.717, 1.165) is 46.3 Å². The fraction of sp³-hybridized carbons (Fsp3) is 0.256. The lowest BCUT2D eigenvalue weighted by Crippen LogP contribution is -2.34. The fourth-order valence-corrected chi connectivity index (χ4v) is 8.42. The van der Waals surface area contributed by atoms with Crippen LogP contribution in [0.5, 0.6) is 0 Å². The fourth-order valence-electron chi connectivity index (χ4n) is 7.56. The summed E-state index contributed by atoms with van der Waals surface area (Å²) in [6.45, 7) is 1.83. The van der Waals surface area contributed by atoms with Gasteiger partial charge in [-0.15, -0.1) is 0 Å². The van der Waals surface area contributed by atoms with E-state index in [4.69, 9.17) is 5.10 Å². The first-order valence-corrected chi connectivity index (χ1v) is 17.6. The van der Waals surface area contributed by atoms with Gasteiger partial charge in [-0.1, -0.05) is 85.2 Å². The smallest absolute Gasteiger partial charge is 0.355 e. The number of anilines is 2. The molecule has 0 radical (unpaired) electrons. The van der Waals surface area contributed by atoms with Gasteiger partial charge in [0.15, 0.2) is 10.8 Å². The molecule has 9 nitrogen and oxygen atoms in total. The second-order valence-electron chi connectivity index (χ2n) is 13.1. The third-order valence-electron chi connectivity index (χ3n) is 10.0. The van der Waals surface area contributed by atoms with Gasteiger partial charge in [0, 0.05) is 41.4 Å². The summed E-state index contributed by atoms with van der Waals surface area (Å²) in [5.41, 5.74) is 6.03. The predicted molar refractivity (Wildman–Crippen MR) is 192 cm³/mol. The number of para-hydroxylation sites is 1. The summed E-state index contributed by atoms with van der Waals surface area (Å²) in [6.07, 6.45) is 10.2. The van der Waals surface area contributed by atoms with E-state index in [2.05, 4.69) is 45.6 Å². The van der Waals surface area contributed by atoms with Gasteiger partial charge < -0.3 is 10.0 Å². The minimum atomic E-state index is -1.09. The number of rotatable bonds is 8. The molecule has 1 amide bonds. The SMILES string of the molecule is O=C(Nc1nc2ccccc2s1)c1cccc2c1CN(c1ccc(-c3cnn(CC4(c5ccccc5)CCCCC4)c3)c(C(=O)O)n1)CC2. The number of carbonyl (C=O) groups excluding carboxylic acids is 1. The van der Waals surface area contributed by atoms with E-state index in [9.17, 15) is 14.7 Å². The molecule has 6 aromatic rings. The lowest BCUT2D eigenvalue weighted by atomic mass is 9.69. The molecule has 49 heavy (non-hydrogen) atoms. The normalized spacial score (nSPS) is 15.6. The van der Waals surface area contributed by atoms with Crippen LogP contribution in [-0.4, -0.2) is 43.3 Å². The first-order chi connectivity index (χ1) is 24.0. The number of benzene rings is 3. The standard InChI is InChI=1S/C39H36N6O3S/c46-36(43-38-41-32-14-5-6-15-33(32)49-38)30-13-9-10-26-18-21-44(24-31(26)30)34-17-16-29(35(42-34)37(47)48)27-22-40-45(23-27)25-39(19-7-2-8-20-39)28-11-3-1-4-12-28/h1,3-6,9-17,22-23H,2,7-8,18-21,24-25H2,(H,47,48)(H,41,43,46). The van der Waals surface area contributed by atoms with E-state index in [-0.39, 0.29) is 17.0 Å². The van der Waals surface area contributed by atoms with E-state index < -0.39 is 5.97 Å². The van der Waals surface area contributed by atoms with Gasteiger partial charge >= 0.3 is 5.97 Å². The summed E-state index contributed by atoms with van der Waals surface area (Å²) < 4.78 is 2.98. The molecule has 1 aliphatic carbocycles. The highest BCUT2D eigenvalue weighted by Crippen LogP contribution is 2.41. The Bertz CT molecular complexity index is 2140. The van der Waals surface area contributed by atoms with E-state index in [1.165, 1.54) is 36.2 Å². The molecule has 1 saturated carbocycles. The Labute approximate surface area is 288 Å². The molecule has 2 N–H and O–H groups in total. The van der Waals surface area contributed by atoms with Crippen molar-refractivity contribution in [2.24, 2.45) is 0 Å². The number of thiazole rings is 1. The van der Waals surface area contributed by atoms with E-state index in [0.29, 0.717) is 41.6 Å². The Hall–Kier alpha value is -5.35. The van der Waals surface area contributed by atoms with Crippen molar-refractivity contribution in [2.75, 3.05) is 16.8 Å². The maximum absolute atomic E-state index is 13.5. The molecule has 8 rings (SSSR count). The second-order valence-corrected chi connectivity index (χ2v) is 14.1. The lowest BCUT2D eigenvalue weighted by Gasteiger charge is -2.38. The Kier molecular flexibility index (Phi) is 8.17. The molecule has 3 aromatic carbocycles. The lowest BCUT2D eigenvalue weighted by molar-refractivity contribution is 0.0691. The van der Waals surface area contributed by atoms with Crippen molar-refractivity contribution in [3.63, 3.8) is 0 Å². The number of carboxylic acids is 1. The van der Waals surface area contributed by atoms with Crippen LogP contribution in [0, 0.1) is 0 Å². The number of carboxylic acid groups (broad SMARTS) is 1. The molecular formula is C39H36N6O3S. The van der Waals surface area contributed by atoms with Crippen LogP contribution in [0.1, 0.15) is 69.6 Å². The number of nitrogens with zero attached hydrogens (tertiary/aromatic N) is 5. The van der Waals surface area contributed by atoms with Gasteiger partial charge in [0.05, 0.1) is 23.0 Å². The molecule has 4 heterocycles. The molecule has 0 atom stereocenters. The zero-order valence-corrected chi connectivity index (χ0v) is 27.8.